The summed E-state index contributed by atoms with van der Waals surface area (Å²) in [5.41, 5.74) is 4.03. The van der Waals surface area contributed by atoms with Crippen LogP contribution in [0.1, 0.15) is 28.8 Å². The molecule has 0 aliphatic heterocycles. The molecule has 0 bridgehead atoms. The number of aryl methyl sites for hydroxylation is 2. The zero-order chi connectivity index (χ0) is 16.5. The SMILES string of the molecule is O=C(Cc1ccc2c(c1)CCC2)OCc1cc(=O)n2ccsc2n1. The van der Waals surface area contributed by atoms with E-state index in [0.717, 1.165) is 18.4 Å². The second-order valence-corrected chi connectivity index (χ2v) is 6.81. The lowest BCUT2D eigenvalue weighted by Gasteiger charge is -2.06. The summed E-state index contributed by atoms with van der Waals surface area (Å²) in [5.74, 6) is -0.305. The van der Waals surface area contributed by atoms with Crippen LogP contribution < -0.4 is 5.56 Å². The fraction of sp³-hybridized carbons (Fsp3) is 0.278. The molecule has 2 heterocycles. The molecule has 1 aliphatic carbocycles. The van der Waals surface area contributed by atoms with Gasteiger partial charge in [-0.3, -0.25) is 14.0 Å². The molecule has 1 aromatic carbocycles. The summed E-state index contributed by atoms with van der Waals surface area (Å²) in [7, 11) is 0. The second-order valence-electron chi connectivity index (χ2n) is 5.94. The van der Waals surface area contributed by atoms with Crippen LogP contribution in [0.5, 0.6) is 0 Å². The number of thiazole rings is 1. The highest BCUT2D eigenvalue weighted by molar-refractivity contribution is 7.15. The lowest BCUT2D eigenvalue weighted by molar-refractivity contribution is -0.144. The topological polar surface area (TPSA) is 60.7 Å². The van der Waals surface area contributed by atoms with E-state index in [2.05, 4.69) is 17.1 Å². The van der Waals surface area contributed by atoms with E-state index in [-0.39, 0.29) is 24.6 Å². The number of hydrogen-bond acceptors (Lipinski definition) is 5. The van der Waals surface area contributed by atoms with Crippen LogP contribution in [0.3, 0.4) is 0 Å². The van der Waals surface area contributed by atoms with E-state index in [1.807, 2.05) is 6.07 Å². The normalized spacial score (nSPS) is 13.2. The van der Waals surface area contributed by atoms with Gasteiger partial charge in [0.15, 0.2) is 4.96 Å². The number of benzene rings is 1. The fourth-order valence-electron chi connectivity index (χ4n) is 3.07. The van der Waals surface area contributed by atoms with E-state index in [9.17, 15) is 9.59 Å². The van der Waals surface area contributed by atoms with E-state index in [0.29, 0.717) is 10.7 Å². The molecule has 1 aliphatic rings. The molecule has 0 radical (unpaired) electrons. The van der Waals surface area contributed by atoms with Gasteiger partial charge in [0, 0.05) is 17.6 Å². The van der Waals surface area contributed by atoms with Gasteiger partial charge in [0.2, 0.25) is 0 Å². The Labute approximate surface area is 142 Å². The van der Waals surface area contributed by atoms with E-state index in [1.165, 1.54) is 39.4 Å². The molecule has 0 fully saturated rings. The average Bonchev–Trinajstić information content (AvgIpc) is 3.21. The Morgan fingerprint density at radius 3 is 3.04 bits per heavy atom. The summed E-state index contributed by atoms with van der Waals surface area (Å²) in [5, 5.41) is 1.80. The van der Waals surface area contributed by atoms with Crippen LogP contribution in [0.25, 0.3) is 4.96 Å². The van der Waals surface area contributed by atoms with Crippen molar-refractivity contribution < 1.29 is 9.53 Å². The van der Waals surface area contributed by atoms with Crippen LogP contribution in [0, 0.1) is 0 Å². The minimum atomic E-state index is -0.305. The van der Waals surface area contributed by atoms with Gasteiger partial charge in [0.05, 0.1) is 12.1 Å². The van der Waals surface area contributed by atoms with Crippen LogP contribution in [-0.4, -0.2) is 15.4 Å². The minimum absolute atomic E-state index is 0.0212. The first-order chi connectivity index (χ1) is 11.7. The van der Waals surface area contributed by atoms with Crippen LogP contribution in [0.15, 0.2) is 40.6 Å². The van der Waals surface area contributed by atoms with Gasteiger partial charge in [-0.1, -0.05) is 18.2 Å². The molecule has 0 amide bonds. The first-order valence-electron chi connectivity index (χ1n) is 7.91. The number of carbonyl (C=O) groups is 1. The highest BCUT2D eigenvalue weighted by atomic mass is 32.1. The van der Waals surface area contributed by atoms with Gasteiger partial charge in [0.1, 0.15) is 6.61 Å². The summed E-state index contributed by atoms with van der Waals surface area (Å²) in [4.78, 5) is 28.9. The maximum Gasteiger partial charge on any atom is 0.310 e. The molecule has 0 unspecified atom stereocenters. The van der Waals surface area contributed by atoms with Crippen molar-refractivity contribution in [2.75, 3.05) is 0 Å². The monoisotopic (exact) mass is 340 g/mol. The standard InChI is InChI=1S/C18H16N2O3S/c21-16-10-15(19-18-20(16)6-7-24-18)11-23-17(22)9-12-4-5-13-2-1-3-14(13)8-12/h4-8,10H,1-3,9,11H2. The second kappa shape index (κ2) is 6.20. The number of ether oxygens (including phenoxy) is 1. The molecule has 0 atom stereocenters. The van der Waals surface area contributed by atoms with E-state index in [4.69, 9.17) is 4.74 Å². The molecule has 0 saturated heterocycles. The molecule has 2 aromatic heterocycles. The Balaban J connectivity index is 1.41. The zero-order valence-corrected chi connectivity index (χ0v) is 13.8. The van der Waals surface area contributed by atoms with Crippen molar-refractivity contribution in [3.05, 3.63) is 68.6 Å². The maximum atomic E-state index is 12.1. The van der Waals surface area contributed by atoms with Gasteiger partial charge in [-0.25, -0.2) is 4.98 Å². The summed E-state index contributed by atoms with van der Waals surface area (Å²) in [6.45, 7) is 0.0212. The summed E-state index contributed by atoms with van der Waals surface area (Å²) < 4.78 is 6.76. The zero-order valence-electron chi connectivity index (χ0n) is 13.0. The molecule has 6 heteroatoms. The van der Waals surface area contributed by atoms with Crippen molar-refractivity contribution >= 4 is 22.3 Å². The number of esters is 1. The number of rotatable bonds is 4. The number of carbonyl (C=O) groups excluding carboxylic acids is 1. The highest BCUT2D eigenvalue weighted by Gasteiger charge is 2.13. The number of hydrogen-bond donors (Lipinski definition) is 0. The first-order valence-corrected chi connectivity index (χ1v) is 8.79. The van der Waals surface area contributed by atoms with E-state index >= 15 is 0 Å². The highest BCUT2D eigenvalue weighted by Crippen LogP contribution is 2.23. The third-order valence-corrected chi connectivity index (χ3v) is 5.01. The van der Waals surface area contributed by atoms with Crippen LogP contribution in [-0.2, 0) is 35.4 Å². The van der Waals surface area contributed by atoms with Gasteiger partial charge in [-0.2, -0.15) is 0 Å². The van der Waals surface area contributed by atoms with Gasteiger partial charge in [-0.05, 0) is 36.0 Å². The fourth-order valence-corrected chi connectivity index (χ4v) is 3.81. The van der Waals surface area contributed by atoms with Crippen LogP contribution in [0.4, 0.5) is 0 Å². The predicted molar refractivity (Wildman–Crippen MR) is 91.3 cm³/mol. The van der Waals surface area contributed by atoms with Crippen molar-refractivity contribution in [2.45, 2.75) is 32.3 Å². The van der Waals surface area contributed by atoms with Gasteiger partial charge in [0.25, 0.3) is 5.56 Å². The summed E-state index contributed by atoms with van der Waals surface area (Å²) in [6, 6.07) is 7.61. The molecular weight excluding hydrogens is 324 g/mol. The molecule has 0 N–H and O–H groups in total. The van der Waals surface area contributed by atoms with Crippen LogP contribution in [0.2, 0.25) is 0 Å². The third kappa shape index (κ3) is 2.97. The Morgan fingerprint density at radius 1 is 1.25 bits per heavy atom. The van der Waals surface area contributed by atoms with Gasteiger partial charge < -0.3 is 4.74 Å². The van der Waals surface area contributed by atoms with Crippen molar-refractivity contribution in [3.8, 4) is 0 Å². The third-order valence-electron chi connectivity index (χ3n) is 4.25. The molecule has 5 nitrogen and oxygen atoms in total. The lowest BCUT2D eigenvalue weighted by atomic mass is 10.0. The maximum absolute atomic E-state index is 12.1. The number of nitrogens with zero attached hydrogens (tertiary/aromatic N) is 2. The largest absolute Gasteiger partial charge is 0.459 e. The van der Waals surface area contributed by atoms with Crippen LogP contribution >= 0.6 is 11.3 Å². The van der Waals surface area contributed by atoms with Crippen molar-refractivity contribution in [1.29, 1.82) is 0 Å². The molecule has 122 valence electrons. The number of fused-ring (bicyclic) bond motifs is 2. The summed E-state index contributed by atoms with van der Waals surface area (Å²) in [6.07, 6.45) is 5.33. The smallest absolute Gasteiger partial charge is 0.310 e. The molecular formula is C18H16N2O3S. The van der Waals surface area contributed by atoms with Gasteiger partial charge in [-0.15, -0.1) is 11.3 Å². The summed E-state index contributed by atoms with van der Waals surface area (Å²) >= 11 is 1.38. The minimum Gasteiger partial charge on any atom is -0.459 e. The average molecular weight is 340 g/mol. The lowest BCUT2D eigenvalue weighted by Crippen LogP contribution is -2.15. The Hall–Kier alpha value is -2.47. The Kier molecular flexibility index (Phi) is 3.90. The molecule has 24 heavy (non-hydrogen) atoms. The Bertz CT molecular complexity index is 974. The quantitative estimate of drug-likeness (QED) is 0.685. The molecule has 3 aromatic rings. The van der Waals surface area contributed by atoms with Gasteiger partial charge >= 0.3 is 5.97 Å². The van der Waals surface area contributed by atoms with Crippen molar-refractivity contribution in [2.24, 2.45) is 0 Å². The molecule has 4 rings (SSSR count). The Morgan fingerprint density at radius 2 is 2.12 bits per heavy atom. The molecule has 0 saturated carbocycles. The first kappa shape index (κ1) is 15.1. The van der Waals surface area contributed by atoms with Crippen molar-refractivity contribution in [1.82, 2.24) is 9.38 Å². The number of aromatic nitrogens is 2. The van der Waals surface area contributed by atoms with E-state index < -0.39 is 0 Å². The van der Waals surface area contributed by atoms with Crippen molar-refractivity contribution in [3.63, 3.8) is 0 Å². The van der Waals surface area contributed by atoms with E-state index in [1.54, 1.807) is 11.6 Å². The predicted octanol–water partition coefficient (Wildman–Crippen LogP) is 2.53. The molecule has 0 spiro atoms.